The molecule has 1 N–H and O–H groups in total. The van der Waals surface area contributed by atoms with E-state index in [2.05, 4.69) is 15.5 Å². The van der Waals surface area contributed by atoms with E-state index in [0.29, 0.717) is 22.9 Å². The molecule has 0 aliphatic heterocycles. The number of carbonyl (C=O) groups is 2. The van der Waals surface area contributed by atoms with Crippen LogP contribution in [0.2, 0.25) is 5.02 Å². The third-order valence-corrected chi connectivity index (χ3v) is 3.90. The lowest BCUT2D eigenvalue weighted by molar-refractivity contribution is -0.119. The average Bonchev–Trinajstić information content (AvgIpc) is 3.04. The van der Waals surface area contributed by atoms with Gasteiger partial charge >= 0.3 is 0 Å². The Bertz CT molecular complexity index is 764. The summed E-state index contributed by atoms with van der Waals surface area (Å²) < 4.78 is 3.18. The van der Waals surface area contributed by atoms with Gasteiger partial charge in [0.05, 0.1) is 35.1 Å². The van der Waals surface area contributed by atoms with E-state index in [1.807, 2.05) is 0 Å². The van der Waals surface area contributed by atoms with Gasteiger partial charge in [0.2, 0.25) is 5.91 Å². The first-order valence-electron chi connectivity index (χ1n) is 7.44. The Morgan fingerprint density at radius 2 is 2.08 bits per heavy atom. The monoisotopic (exact) mass is 352 g/mol. The summed E-state index contributed by atoms with van der Waals surface area (Å²) in [7, 11) is 5.01. The number of anilines is 1. The van der Waals surface area contributed by atoms with Gasteiger partial charge in [0.1, 0.15) is 0 Å². The zero-order valence-corrected chi connectivity index (χ0v) is 15.1. The minimum absolute atomic E-state index is 0.217. The topological polar surface area (TPSA) is 85.1 Å². The number of nitrogens with zero attached hydrogens (tertiary/aromatic N) is 5. The molecule has 8 nitrogen and oxygen atoms in total. The molecule has 0 aliphatic carbocycles. The van der Waals surface area contributed by atoms with Gasteiger partial charge in [0.15, 0.2) is 5.69 Å². The number of rotatable bonds is 5. The predicted molar refractivity (Wildman–Crippen MR) is 91.0 cm³/mol. The first-order valence-corrected chi connectivity index (χ1v) is 7.82. The molecule has 0 saturated carbocycles. The van der Waals surface area contributed by atoms with Crippen LogP contribution in [0.25, 0.3) is 0 Å². The van der Waals surface area contributed by atoms with Crippen molar-refractivity contribution in [2.24, 2.45) is 13.0 Å². The Morgan fingerprint density at radius 1 is 1.42 bits per heavy atom. The average molecular weight is 353 g/mol. The first-order chi connectivity index (χ1) is 11.2. The lowest BCUT2D eigenvalue weighted by Crippen LogP contribution is -2.27. The number of halogens is 1. The van der Waals surface area contributed by atoms with Gasteiger partial charge in [-0.05, 0) is 6.92 Å². The van der Waals surface area contributed by atoms with E-state index in [9.17, 15) is 9.59 Å². The highest BCUT2D eigenvalue weighted by atomic mass is 35.5. The molecule has 0 aromatic carbocycles. The molecule has 0 aliphatic rings. The minimum atomic E-state index is -0.358. The lowest BCUT2D eigenvalue weighted by Gasteiger charge is -2.14. The Kier molecular flexibility index (Phi) is 5.28. The van der Waals surface area contributed by atoms with Crippen molar-refractivity contribution >= 4 is 29.1 Å². The number of aryl methyl sites for hydroxylation is 1. The van der Waals surface area contributed by atoms with Crippen LogP contribution in [0, 0.1) is 12.8 Å². The van der Waals surface area contributed by atoms with Crippen LogP contribution in [0.3, 0.4) is 0 Å². The van der Waals surface area contributed by atoms with E-state index in [0.717, 1.165) is 0 Å². The van der Waals surface area contributed by atoms with E-state index in [-0.39, 0.29) is 23.4 Å². The Balaban J connectivity index is 2.17. The summed E-state index contributed by atoms with van der Waals surface area (Å²) in [5, 5.41) is 11.6. The standard InChI is InChI=1S/C15H21ClN6O2/c1-9(7-22-8-11(16)6-17-22)14(23)18-12-10(2)21(5)19-13(12)15(24)20(3)4/h6,8-9H,7H2,1-5H3,(H,18,23). The predicted octanol–water partition coefficient (Wildman–Crippen LogP) is 1.56. The molecule has 2 aromatic heterocycles. The summed E-state index contributed by atoms with van der Waals surface area (Å²) in [6, 6.07) is 0. The third kappa shape index (κ3) is 3.76. The summed E-state index contributed by atoms with van der Waals surface area (Å²) >= 11 is 5.82. The van der Waals surface area contributed by atoms with Gasteiger partial charge in [-0.3, -0.25) is 19.0 Å². The molecule has 2 rings (SSSR count). The van der Waals surface area contributed by atoms with Crippen LogP contribution in [-0.2, 0) is 18.4 Å². The van der Waals surface area contributed by atoms with Crippen LogP contribution in [-0.4, -0.2) is 50.4 Å². The second kappa shape index (κ2) is 7.04. The van der Waals surface area contributed by atoms with E-state index < -0.39 is 0 Å². The van der Waals surface area contributed by atoms with Crippen molar-refractivity contribution in [3.8, 4) is 0 Å². The molecule has 9 heteroatoms. The van der Waals surface area contributed by atoms with Crippen molar-refractivity contribution in [1.82, 2.24) is 24.5 Å². The number of amides is 2. The molecule has 2 heterocycles. The smallest absolute Gasteiger partial charge is 0.276 e. The van der Waals surface area contributed by atoms with Gasteiger partial charge in [-0.15, -0.1) is 0 Å². The molecule has 1 unspecified atom stereocenters. The van der Waals surface area contributed by atoms with Gasteiger partial charge in [0.25, 0.3) is 5.91 Å². The van der Waals surface area contributed by atoms with Crippen LogP contribution >= 0.6 is 11.6 Å². The molecule has 0 saturated heterocycles. The fourth-order valence-electron chi connectivity index (χ4n) is 2.17. The molecule has 0 fully saturated rings. The number of carbonyl (C=O) groups excluding carboxylic acids is 2. The molecule has 0 bridgehead atoms. The van der Waals surface area contributed by atoms with Crippen LogP contribution in [0.5, 0.6) is 0 Å². The summed E-state index contributed by atoms with van der Waals surface area (Å²) in [4.78, 5) is 26.2. The highest BCUT2D eigenvalue weighted by Crippen LogP contribution is 2.21. The minimum Gasteiger partial charge on any atom is -0.343 e. The number of nitrogens with one attached hydrogen (secondary N) is 1. The van der Waals surface area contributed by atoms with Crippen molar-refractivity contribution < 1.29 is 9.59 Å². The third-order valence-electron chi connectivity index (χ3n) is 3.70. The maximum Gasteiger partial charge on any atom is 0.276 e. The van der Waals surface area contributed by atoms with Crippen molar-refractivity contribution in [2.45, 2.75) is 20.4 Å². The van der Waals surface area contributed by atoms with Crippen LogP contribution in [0.4, 0.5) is 5.69 Å². The zero-order chi connectivity index (χ0) is 18.0. The molecule has 0 spiro atoms. The molecular weight excluding hydrogens is 332 g/mol. The summed E-state index contributed by atoms with van der Waals surface area (Å²) in [5.41, 5.74) is 1.37. The molecular formula is C15H21ClN6O2. The lowest BCUT2D eigenvalue weighted by atomic mass is 10.1. The van der Waals surface area contributed by atoms with Crippen molar-refractivity contribution in [1.29, 1.82) is 0 Å². The Morgan fingerprint density at radius 3 is 2.62 bits per heavy atom. The maximum absolute atomic E-state index is 12.5. The molecule has 24 heavy (non-hydrogen) atoms. The Labute approximate surface area is 145 Å². The summed E-state index contributed by atoms with van der Waals surface area (Å²) in [5.74, 6) is -0.839. The number of hydrogen-bond acceptors (Lipinski definition) is 4. The fraction of sp³-hybridized carbons (Fsp3) is 0.467. The summed E-state index contributed by atoms with van der Waals surface area (Å²) in [6.45, 7) is 3.96. The number of aromatic nitrogens is 4. The Hall–Kier alpha value is -2.35. The quantitative estimate of drug-likeness (QED) is 0.884. The van der Waals surface area contributed by atoms with Crippen molar-refractivity contribution in [3.63, 3.8) is 0 Å². The zero-order valence-electron chi connectivity index (χ0n) is 14.4. The van der Waals surface area contributed by atoms with Gasteiger partial charge in [-0.1, -0.05) is 18.5 Å². The first kappa shape index (κ1) is 18.0. The highest BCUT2D eigenvalue weighted by molar-refractivity contribution is 6.30. The maximum atomic E-state index is 12.5. The summed E-state index contributed by atoms with van der Waals surface area (Å²) in [6.07, 6.45) is 3.17. The second-order valence-corrected chi connectivity index (χ2v) is 6.34. The van der Waals surface area contributed by atoms with Crippen LogP contribution < -0.4 is 5.32 Å². The van der Waals surface area contributed by atoms with Gasteiger partial charge in [-0.25, -0.2) is 0 Å². The van der Waals surface area contributed by atoms with Crippen molar-refractivity contribution in [3.05, 3.63) is 28.8 Å². The number of hydrogen-bond donors (Lipinski definition) is 1. The largest absolute Gasteiger partial charge is 0.343 e. The highest BCUT2D eigenvalue weighted by Gasteiger charge is 2.24. The van der Waals surface area contributed by atoms with E-state index >= 15 is 0 Å². The molecule has 130 valence electrons. The fourth-order valence-corrected chi connectivity index (χ4v) is 2.32. The SMILES string of the molecule is Cc1c(NC(=O)C(C)Cn2cc(Cl)cn2)c(C(=O)N(C)C)nn1C. The van der Waals surface area contributed by atoms with Gasteiger partial charge < -0.3 is 10.2 Å². The van der Waals surface area contributed by atoms with E-state index in [4.69, 9.17) is 11.6 Å². The molecule has 0 radical (unpaired) electrons. The normalized spacial score (nSPS) is 12.1. The molecule has 1 atom stereocenters. The van der Waals surface area contributed by atoms with Crippen LogP contribution in [0.15, 0.2) is 12.4 Å². The van der Waals surface area contributed by atoms with E-state index in [1.54, 1.807) is 50.6 Å². The van der Waals surface area contributed by atoms with E-state index in [1.165, 1.54) is 11.1 Å². The molecule has 2 amide bonds. The second-order valence-electron chi connectivity index (χ2n) is 5.90. The van der Waals surface area contributed by atoms with Crippen LogP contribution in [0.1, 0.15) is 23.1 Å². The molecule has 2 aromatic rings. The van der Waals surface area contributed by atoms with Crippen molar-refractivity contribution in [2.75, 3.05) is 19.4 Å². The van der Waals surface area contributed by atoms with Gasteiger partial charge in [-0.2, -0.15) is 10.2 Å². The van der Waals surface area contributed by atoms with Gasteiger partial charge in [0, 0.05) is 27.3 Å².